The fraction of sp³-hybridized carbons (Fsp3) is 0.120. The number of rotatable bonds is 5. The molecule has 3 aromatic rings. The second-order valence-electron chi connectivity index (χ2n) is 7.34. The molecule has 1 heterocycles. The number of anilines is 2. The SMILES string of the molecule is CCc1ccc(N2C(=O)C(Nc3ccc(F)c(F)c3)=C(c3ccc(C)cc3)C2=O)cc1. The lowest BCUT2D eigenvalue weighted by atomic mass is 10.0. The van der Waals surface area contributed by atoms with Crippen molar-refractivity contribution in [3.63, 3.8) is 0 Å². The Morgan fingerprint density at radius 1 is 0.839 bits per heavy atom. The van der Waals surface area contributed by atoms with Gasteiger partial charge in [0.1, 0.15) is 5.70 Å². The van der Waals surface area contributed by atoms with Crippen LogP contribution in [0.3, 0.4) is 0 Å². The highest BCUT2D eigenvalue weighted by atomic mass is 19.2. The van der Waals surface area contributed by atoms with Crippen molar-refractivity contribution in [3.05, 3.63) is 101 Å². The molecular weight excluding hydrogens is 398 g/mol. The lowest BCUT2D eigenvalue weighted by Crippen LogP contribution is -2.32. The number of hydrogen-bond donors (Lipinski definition) is 1. The van der Waals surface area contributed by atoms with Crippen LogP contribution in [0.1, 0.15) is 23.6 Å². The van der Waals surface area contributed by atoms with E-state index in [0.29, 0.717) is 11.3 Å². The van der Waals surface area contributed by atoms with Crippen LogP contribution in [0, 0.1) is 18.6 Å². The number of carbonyl (C=O) groups is 2. The molecule has 31 heavy (non-hydrogen) atoms. The van der Waals surface area contributed by atoms with Gasteiger partial charge in [0.2, 0.25) is 0 Å². The third-order valence-electron chi connectivity index (χ3n) is 5.22. The summed E-state index contributed by atoms with van der Waals surface area (Å²) in [4.78, 5) is 27.7. The molecule has 0 radical (unpaired) electrons. The van der Waals surface area contributed by atoms with Gasteiger partial charge in [-0.1, -0.05) is 48.9 Å². The summed E-state index contributed by atoms with van der Waals surface area (Å²) in [5.74, 6) is -3.09. The van der Waals surface area contributed by atoms with Gasteiger partial charge < -0.3 is 5.32 Å². The van der Waals surface area contributed by atoms with Crippen molar-refractivity contribution in [1.82, 2.24) is 0 Å². The monoisotopic (exact) mass is 418 g/mol. The molecule has 0 atom stereocenters. The highest BCUT2D eigenvalue weighted by Crippen LogP contribution is 2.34. The molecule has 6 heteroatoms. The van der Waals surface area contributed by atoms with Crippen molar-refractivity contribution in [1.29, 1.82) is 0 Å². The van der Waals surface area contributed by atoms with Crippen LogP contribution in [0.5, 0.6) is 0 Å². The summed E-state index contributed by atoms with van der Waals surface area (Å²) in [6.45, 7) is 3.93. The molecule has 1 aliphatic rings. The maximum absolute atomic E-state index is 13.7. The summed E-state index contributed by atoms with van der Waals surface area (Å²) in [6.07, 6.45) is 0.831. The second-order valence-corrected chi connectivity index (χ2v) is 7.34. The Labute approximate surface area is 178 Å². The lowest BCUT2D eigenvalue weighted by Gasteiger charge is -2.16. The number of hydrogen-bond acceptors (Lipinski definition) is 3. The molecule has 156 valence electrons. The highest BCUT2D eigenvalue weighted by Gasteiger charge is 2.40. The van der Waals surface area contributed by atoms with Crippen LogP contribution in [-0.4, -0.2) is 11.8 Å². The zero-order valence-electron chi connectivity index (χ0n) is 17.1. The first-order valence-corrected chi connectivity index (χ1v) is 9.90. The van der Waals surface area contributed by atoms with E-state index < -0.39 is 23.4 Å². The number of halogens is 2. The Morgan fingerprint density at radius 3 is 2.13 bits per heavy atom. The van der Waals surface area contributed by atoms with Gasteiger partial charge >= 0.3 is 0 Å². The fourth-order valence-corrected chi connectivity index (χ4v) is 3.47. The number of carbonyl (C=O) groups excluding carboxylic acids is 2. The number of benzene rings is 3. The molecule has 0 fully saturated rings. The van der Waals surface area contributed by atoms with Crippen molar-refractivity contribution in [3.8, 4) is 0 Å². The topological polar surface area (TPSA) is 49.4 Å². The Hall–Kier alpha value is -3.80. The fourth-order valence-electron chi connectivity index (χ4n) is 3.47. The summed E-state index contributed by atoms with van der Waals surface area (Å²) >= 11 is 0. The molecule has 0 aromatic heterocycles. The third-order valence-corrected chi connectivity index (χ3v) is 5.22. The van der Waals surface area contributed by atoms with E-state index >= 15 is 0 Å². The molecule has 0 bridgehead atoms. The van der Waals surface area contributed by atoms with Crippen LogP contribution >= 0.6 is 0 Å². The summed E-state index contributed by atoms with van der Waals surface area (Å²) in [6, 6.07) is 17.6. The molecule has 1 aliphatic heterocycles. The molecule has 0 saturated carbocycles. The zero-order chi connectivity index (χ0) is 22.1. The predicted octanol–water partition coefficient (Wildman–Crippen LogP) is 5.23. The van der Waals surface area contributed by atoms with Crippen LogP contribution in [0.2, 0.25) is 0 Å². The lowest BCUT2D eigenvalue weighted by molar-refractivity contribution is -0.120. The van der Waals surface area contributed by atoms with E-state index in [1.165, 1.54) is 6.07 Å². The van der Waals surface area contributed by atoms with E-state index in [2.05, 4.69) is 5.32 Å². The quantitative estimate of drug-likeness (QED) is 0.577. The Balaban J connectivity index is 1.80. The number of nitrogens with zero attached hydrogens (tertiary/aromatic N) is 1. The average molecular weight is 418 g/mol. The van der Waals surface area contributed by atoms with E-state index in [-0.39, 0.29) is 17.0 Å². The van der Waals surface area contributed by atoms with Crippen LogP contribution in [-0.2, 0) is 16.0 Å². The first kappa shape index (κ1) is 20.5. The Bertz CT molecular complexity index is 1200. The van der Waals surface area contributed by atoms with E-state index in [1.807, 2.05) is 38.1 Å². The normalized spacial score (nSPS) is 13.9. The van der Waals surface area contributed by atoms with E-state index in [9.17, 15) is 18.4 Å². The molecule has 0 unspecified atom stereocenters. The van der Waals surface area contributed by atoms with Crippen molar-refractivity contribution >= 4 is 28.8 Å². The third kappa shape index (κ3) is 3.84. The Morgan fingerprint density at radius 2 is 1.52 bits per heavy atom. The molecular formula is C25H20F2N2O2. The number of aryl methyl sites for hydroxylation is 2. The molecule has 1 N–H and O–H groups in total. The minimum Gasteiger partial charge on any atom is -0.350 e. The summed E-state index contributed by atoms with van der Waals surface area (Å²) in [7, 11) is 0. The van der Waals surface area contributed by atoms with Crippen molar-refractivity contribution in [2.24, 2.45) is 0 Å². The van der Waals surface area contributed by atoms with Gasteiger partial charge in [-0.25, -0.2) is 13.7 Å². The van der Waals surface area contributed by atoms with Gasteiger partial charge in [-0.3, -0.25) is 9.59 Å². The van der Waals surface area contributed by atoms with Gasteiger partial charge in [-0.05, 0) is 48.7 Å². The second kappa shape index (κ2) is 8.14. The zero-order valence-corrected chi connectivity index (χ0v) is 17.1. The number of amides is 2. The molecule has 4 nitrogen and oxygen atoms in total. The Kier molecular flexibility index (Phi) is 5.38. The molecule has 0 aliphatic carbocycles. The largest absolute Gasteiger partial charge is 0.350 e. The van der Waals surface area contributed by atoms with Gasteiger partial charge in [0.25, 0.3) is 11.8 Å². The highest BCUT2D eigenvalue weighted by molar-refractivity contribution is 6.46. The van der Waals surface area contributed by atoms with Gasteiger partial charge in [-0.2, -0.15) is 0 Å². The first-order valence-electron chi connectivity index (χ1n) is 9.90. The number of nitrogens with one attached hydrogen (secondary N) is 1. The van der Waals surface area contributed by atoms with Crippen LogP contribution in [0.25, 0.3) is 5.57 Å². The average Bonchev–Trinajstić information content (AvgIpc) is 3.01. The van der Waals surface area contributed by atoms with Crippen LogP contribution in [0.15, 0.2) is 72.4 Å². The standard InChI is InChI=1S/C25H20F2N2O2/c1-3-16-6-11-19(12-7-16)29-24(30)22(17-8-4-15(2)5-9-17)23(25(29)31)28-18-10-13-20(26)21(27)14-18/h4-14,28H,3H2,1-2H3. The van der Waals surface area contributed by atoms with Crippen molar-refractivity contribution < 1.29 is 18.4 Å². The maximum Gasteiger partial charge on any atom is 0.282 e. The predicted molar refractivity (Wildman–Crippen MR) is 116 cm³/mol. The molecule has 0 saturated heterocycles. The molecule has 4 rings (SSSR count). The van der Waals surface area contributed by atoms with Crippen LogP contribution in [0.4, 0.5) is 20.2 Å². The smallest absolute Gasteiger partial charge is 0.282 e. The molecule has 3 aromatic carbocycles. The number of imide groups is 1. The van der Waals surface area contributed by atoms with Gasteiger partial charge in [-0.15, -0.1) is 0 Å². The van der Waals surface area contributed by atoms with Gasteiger partial charge in [0.05, 0.1) is 11.3 Å². The summed E-state index contributed by atoms with van der Waals surface area (Å²) in [5.41, 5.74) is 3.44. The summed E-state index contributed by atoms with van der Waals surface area (Å²) < 4.78 is 27.0. The molecule has 0 spiro atoms. The maximum atomic E-state index is 13.7. The van der Waals surface area contributed by atoms with Crippen molar-refractivity contribution in [2.45, 2.75) is 20.3 Å². The molecule has 2 amide bonds. The van der Waals surface area contributed by atoms with E-state index in [1.54, 1.807) is 24.3 Å². The van der Waals surface area contributed by atoms with E-state index in [0.717, 1.165) is 34.6 Å². The summed E-state index contributed by atoms with van der Waals surface area (Å²) in [5, 5.41) is 2.84. The van der Waals surface area contributed by atoms with E-state index in [4.69, 9.17) is 0 Å². The van der Waals surface area contributed by atoms with Gasteiger partial charge in [0, 0.05) is 11.8 Å². The van der Waals surface area contributed by atoms with Crippen molar-refractivity contribution in [2.75, 3.05) is 10.2 Å². The van der Waals surface area contributed by atoms with Crippen LogP contribution < -0.4 is 10.2 Å². The minimum atomic E-state index is -1.05. The minimum absolute atomic E-state index is 0.0134. The van der Waals surface area contributed by atoms with Gasteiger partial charge in [0.15, 0.2) is 11.6 Å². The first-order chi connectivity index (χ1) is 14.9.